The standard InChI is InChI=1S/C17H16ClN5OS/c1-9(24)21-17-23-14-5-3-11(7-15(14)25-17)22-16-12-6-10(18)2-4-13(12)19-8-20-16/h2,4,6,8,11H,3,5,7H2,1H3,(H,19,20,22)(H,21,23,24). The molecule has 0 saturated heterocycles. The molecule has 0 spiro atoms. The molecule has 0 bridgehead atoms. The Morgan fingerprint density at radius 3 is 3.08 bits per heavy atom. The highest BCUT2D eigenvalue weighted by molar-refractivity contribution is 7.15. The molecule has 1 amide bonds. The van der Waals surface area contributed by atoms with Gasteiger partial charge in [-0.05, 0) is 31.0 Å². The van der Waals surface area contributed by atoms with E-state index in [9.17, 15) is 4.79 Å². The van der Waals surface area contributed by atoms with Crippen molar-refractivity contribution in [2.75, 3.05) is 10.6 Å². The van der Waals surface area contributed by atoms with Crippen LogP contribution in [0.4, 0.5) is 10.9 Å². The second-order valence-corrected chi connectivity index (χ2v) is 7.56. The summed E-state index contributed by atoms with van der Waals surface area (Å²) in [5, 5.41) is 8.56. The Balaban J connectivity index is 1.56. The molecule has 1 aliphatic rings. The zero-order chi connectivity index (χ0) is 17.4. The van der Waals surface area contributed by atoms with Gasteiger partial charge in [0.2, 0.25) is 5.91 Å². The van der Waals surface area contributed by atoms with Crippen molar-refractivity contribution in [2.45, 2.75) is 32.2 Å². The van der Waals surface area contributed by atoms with Crippen molar-refractivity contribution in [1.82, 2.24) is 15.0 Å². The molecular formula is C17H16ClN5OS. The summed E-state index contributed by atoms with van der Waals surface area (Å²) in [6.07, 6.45) is 4.27. The summed E-state index contributed by atoms with van der Waals surface area (Å²) in [5.74, 6) is 0.706. The van der Waals surface area contributed by atoms with E-state index in [1.165, 1.54) is 11.8 Å². The first-order valence-electron chi connectivity index (χ1n) is 8.01. The quantitative estimate of drug-likeness (QED) is 0.732. The molecule has 0 fully saturated rings. The number of benzene rings is 1. The summed E-state index contributed by atoms with van der Waals surface area (Å²) in [4.78, 5) is 25.6. The molecule has 2 N–H and O–H groups in total. The first-order valence-corrected chi connectivity index (χ1v) is 9.21. The van der Waals surface area contributed by atoms with Gasteiger partial charge in [0.15, 0.2) is 5.13 Å². The molecule has 1 aromatic carbocycles. The van der Waals surface area contributed by atoms with E-state index in [1.807, 2.05) is 18.2 Å². The Labute approximate surface area is 153 Å². The van der Waals surface area contributed by atoms with Gasteiger partial charge in [-0.25, -0.2) is 15.0 Å². The number of hydrogen-bond acceptors (Lipinski definition) is 6. The zero-order valence-corrected chi connectivity index (χ0v) is 15.1. The second-order valence-electron chi connectivity index (χ2n) is 6.04. The minimum absolute atomic E-state index is 0.0925. The molecule has 1 atom stereocenters. The normalized spacial score (nSPS) is 16.5. The smallest absolute Gasteiger partial charge is 0.223 e. The summed E-state index contributed by atoms with van der Waals surface area (Å²) in [6.45, 7) is 1.50. The monoisotopic (exact) mass is 373 g/mol. The number of nitrogens with zero attached hydrogens (tertiary/aromatic N) is 3. The number of thiazole rings is 1. The van der Waals surface area contributed by atoms with Gasteiger partial charge in [-0.15, -0.1) is 11.3 Å². The first kappa shape index (κ1) is 16.2. The minimum atomic E-state index is -0.0925. The van der Waals surface area contributed by atoms with Crippen molar-refractivity contribution < 1.29 is 4.79 Å². The van der Waals surface area contributed by atoms with Gasteiger partial charge in [0, 0.05) is 34.7 Å². The third-order valence-corrected chi connectivity index (χ3v) is 5.43. The number of amides is 1. The lowest BCUT2D eigenvalue weighted by molar-refractivity contribution is -0.114. The Bertz CT molecular complexity index is 957. The number of halogens is 1. The van der Waals surface area contributed by atoms with Gasteiger partial charge in [-0.1, -0.05) is 11.6 Å². The Morgan fingerprint density at radius 2 is 2.24 bits per heavy atom. The Morgan fingerprint density at radius 1 is 1.36 bits per heavy atom. The van der Waals surface area contributed by atoms with Crippen LogP contribution in [0.1, 0.15) is 23.9 Å². The number of aromatic nitrogens is 3. The summed E-state index contributed by atoms with van der Waals surface area (Å²) in [5.41, 5.74) is 1.95. The maximum atomic E-state index is 11.2. The third kappa shape index (κ3) is 3.43. The van der Waals surface area contributed by atoms with E-state index in [1.54, 1.807) is 17.7 Å². The highest BCUT2D eigenvalue weighted by Crippen LogP contribution is 2.32. The number of nitrogens with one attached hydrogen (secondary N) is 2. The molecule has 25 heavy (non-hydrogen) atoms. The minimum Gasteiger partial charge on any atom is -0.366 e. The van der Waals surface area contributed by atoms with Crippen LogP contribution in [0.15, 0.2) is 24.5 Å². The number of anilines is 2. The van der Waals surface area contributed by atoms with E-state index in [4.69, 9.17) is 11.6 Å². The van der Waals surface area contributed by atoms with Gasteiger partial charge in [-0.2, -0.15) is 0 Å². The molecule has 3 aromatic rings. The van der Waals surface area contributed by atoms with Crippen LogP contribution < -0.4 is 10.6 Å². The topological polar surface area (TPSA) is 79.8 Å². The molecule has 2 heterocycles. The molecule has 128 valence electrons. The van der Waals surface area contributed by atoms with Crippen molar-refractivity contribution in [3.63, 3.8) is 0 Å². The molecule has 1 aliphatic carbocycles. The fourth-order valence-electron chi connectivity index (χ4n) is 3.04. The van der Waals surface area contributed by atoms with Crippen LogP contribution >= 0.6 is 22.9 Å². The fraction of sp³-hybridized carbons (Fsp3) is 0.294. The van der Waals surface area contributed by atoms with Gasteiger partial charge < -0.3 is 10.6 Å². The molecule has 0 aliphatic heterocycles. The van der Waals surface area contributed by atoms with E-state index >= 15 is 0 Å². The summed E-state index contributed by atoms with van der Waals surface area (Å²) in [7, 11) is 0. The van der Waals surface area contributed by atoms with Crippen molar-refractivity contribution in [1.29, 1.82) is 0 Å². The van der Waals surface area contributed by atoms with Crippen LogP contribution in [0.5, 0.6) is 0 Å². The Hall–Kier alpha value is -2.25. The van der Waals surface area contributed by atoms with E-state index < -0.39 is 0 Å². The lowest BCUT2D eigenvalue weighted by atomic mass is 9.97. The summed E-state index contributed by atoms with van der Waals surface area (Å²) < 4.78 is 0. The van der Waals surface area contributed by atoms with Crippen LogP contribution in [0.25, 0.3) is 10.9 Å². The SMILES string of the molecule is CC(=O)Nc1nc2c(s1)CC(Nc1ncnc3ccc(Cl)cc13)CC2. The lowest BCUT2D eigenvalue weighted by Crippen LogP contribution is -2.27. The fourth-order valence-corrected chi connectivity index (χ4v) is 4.35. The molecular weight excluding hydrogens is 358 g/mol. The molecule has 8 heteroatoms. The molecule has 2 aromatic heterocycles. The number of carbonyl (C=O) groups is 1. The number of aryl methyl sites for hydroxylation is 1. The average Bonchev–Trinajstić information content (AvgIpc) is 2.96. The van der Waals surface area contributed by atoms with Crippen molar-refractivity contribution in [3.05, 3.63) is 40.1 Å². The highest BCUT2D eigenvalue weighted by Gasteiger charge is 2.23. The van der Waals surface area contributed by atoms with Gasteiger partial charge >= 0.3 is 0 Å². The van der Waals surface area contributed by atoms with Crippen LogP contribution in [-0.4, -0.2) is 26.9 Å². The van der Waals surface area contributed by atoms with Crippen molar-refractivity contribution in [2.24, 2.45) is 0 Å². The van der Waals surface area contributed by atoms with Crippen LogP contribution in [0.3, 0.4) is 0 Å². The molecule has 6 nitrogen and oxygen atoms in total. The van der Waals surface area contributed by atoms with E-state index in [2.05, 4.69) is 25.6 Å². The molecule has 0 saturated carbocycles. The van der Waals surface area contributed by atoms with Crippen LogP contribution in [-0.2, 0) is 17.6 Å². The van der Waals surface area contributed by atoms with E-state index in [0.29, 0.717) is 10.2 Å². The van der Waals surface area contributed by atoms with Crippen LogP contribution in [0.2, 0.25) is 5.02 Å². The van der Waals surface area contributed by atoms with Crippen molar-refractivity contribution in [3.8, 4) is 0 Å². The van der Waals surface area contributed by atoms with Gasteiger partial charge in [-0.3, -0.25) is 4.79 Å². The zero-order valence-electron chi connectivity index (χ0n) is 13.5. The lowest BCUT2D eigenvalue weighted by Gasteiger charge is -2.23. The highest BCUT2D eigenvalue weighted by atomic mass is 35.5. The van der Waals surface area contributed by atoms with Crippen LogP contribution in [0, 0.1) is 0 Å². The number of carbonyl (C=O) groups excluding carboxylic acids is 1. The van der Waals surface area contributed by atoms with Gasteiger partial charge in [0.1, 0.15) is 12.1 Å². The van der Waals surface area contributed by atoms with Gasteiger partial charge in [0.05, 0.1) is 11.2 Å². The first-order chi connectivity index (χ1) is 12.1. The average molecular weight is 374 g/mol. The van der Waals surface area contributed by atoms with Gasteiger partial charge in [0.25, 0.3) is 0 Å². The predicted molar refractivity (Wildman–Crippen MR) is 100 cm³/mol. The van der Waals surface area contributed by atoms with E-state index in [0.717, 1.165) is 41.7 Å². The largest absolute Gasteiger partial charge is 0.366 e. The summed E-state index contributed by atoms with van der Waals surface area (Å²) in [6, 6.07) is 5.87. The van der Waals surface area contributed by atoms with Crippen molar-refractivity contribution >= 4 is 50.7 Å². The number of hydrogen-bond donors (Lipinski definition) is 2. The number of rotatable bonds is 3. The second kappa shape index (κ2) is 6.57. The maximum absolute atomic E-state index is 11.2. The maximum Gasteiger partial charge on any atom is 0.223 e. The molecule has 0 radical (unpaired) electrons. The summed E-state index contributed by atoms with van der Waals surface area (Å²) >= 11 is 7.67. The number of fused-ring (bicyclic) bond motifs is 2. The molecule has 1 unspecified atom stereocenters. The molecule has 4 rings (SSSR count). The van der Waals surface area contributed by atoms with E-state index in [-0.39, 0.29) is 11.9 Å². The third-order valence-electron chi connectivity index (χ3n) is 4.16. The predicted octanol–water partition coefficient (Wildman–Crippen LogP) is 3.67. The Kier molecular flexibility index (Phi) is 4.27.